The topological polar surface area (TPSA) is 55.8 Å². The molecule has 6 heteroatoms. The number of thiophene rings is 1. The zero-order valence-electron chi connectivity index (χ0n) is 16.4. The highest BCUT2D eigenvalue weighted by molar-refractivity contribution is 7.15. The van der Waals surface area contributed by atoms with Gasteiger partial charge in [-0.2, -0.15) is 0 Å². The lowest BCUT2D eigenvalue weighted by Crippen LogP contribution is -2.26. The summed E-state index contributed by atoms with van der Waals surface area (Å²) in [6, 6.07) is 15.9. The van der Waals surface area contributed by atoms with Gasteiger partial charge in [-0.15, -0.1) is 11.3 Å². The molecule has 0 saturated heterocycles. The fraction of sp³-hybridized carbons (Fsp3) is 0.261. The molecule has 0 bridgehead atoms. The van der Waals surface area contributed by atoms with Gasteiger partial charge in [0.25, 0.3) is 0 Å². The number of carboxylic acid groups (broad SMARTS) is 1. The number of carbonyl (C=O) groups is 1. The maximum atomic E-state index is 13.1. The number of benzene rings is 2. The van der Waals surface area contributed by atoms with Crippen molar-refractivity contribution >= 4 is 17.3 Å². The van der Waals surface area contributed by atoms with E-state index in [1.807, 2.05) is 31.2 Å². The molecule has 0 spiro atoms. The second kappa shape index (κ2) is 9.67. The molecule has 0 fully saturated rings. The van der Waals surface area contributed by atoms with Crippen LogP contribution in [-0.2, 0) is 22.6 Å². The first-order valence-corrected chi connectivity index (χ1v) is 10.2. The van der Waals surface area contributed by atoms with Crippen LogP contribution in [0.25, 0.3) is 10.4 Å². The number of carboxylic acids is 1. The van der Waals surface area contributed by atoms with Crippen molar-refractivity contribution < 1.29 is 23.8 Å². The second-order valence-corrected chi connectivity index (χ2v) is 7.78. The Labute approximate surface area is 173 Å². The summed E-state index contributed by atoms with van der Waals surface area (Å²) < 4.78 is 24.3. The van der Waals surface area contributed by atoms with Crippen molar-refractivity contribution in [3.63, 3.8) is 0 Å². The van der Waals surface area contributed by atoms with Crippen LogP contribution in [-0.4, -0.2) is 23.8 Å². The van der Waals surface area contributed by atoms with E-state index in [0.29, 0.717) is 25.4 Å². The molecule has 1 unspecified atom stereocenters. The molecule has 1 N–H and O–H groups in total. The third-order valence-electron chi connectivity index (χ3n) is 4.51. The predicted octanol–water partition coefficient (Wildman–Crippen LogP) is 5.47. The van der Waals surface area contributed by atoms with Gasteiger partial charge in [0.05, 0.1) is 0 Å². The summed E-state index contributed by atoms with van der Waals surface area (Å²) >= 11 is 1.63. The fourth-order valence-electron chi connectivity index (χ4n) is 2.92. The Morgan fingerprint density at radius 1 is 1.14 bits per heavy atom. The van der Waals surface area contributed by atoms with Crippen molar-refractivity contribution in [1.82, 2.24) is 0 Å². The zero-order chi connectivity index (χ0) is 20.8. The van der Waals surface area contributed by atoms with Crippen LogP contribution in [0.3, 0.4) is 0 Å². The van der Waals surface area contributed by atoms with Gasteiger partial charge < -0.3 is 14.6 Å². The Kier molecular flexibility index (Phi) is 7.01. The van der Waals surface area contributed by atoms with Crippen molar-refractivity contribution in [3.8, 4) is 16.2 Å². The van der Waals surface area contributed by atoms with Gasteiger partial charge in [-0.3, -0.25) is 0 Å². The van der Waals surface area contributed by atoms with Gasteiger partial charge in [0, 0.05) is 22.8 Å². The first kappa shape index (κ1) is 21.0. The molecule has 4 nitrogen and oxygen atoms in total. The van der Waals surface area contributed by atoms with E-state index in [0.717, 1.165) is 26.4 Å². The smallest absolute Gasteiger partial charge is 0.333 e. The lowest BCUT2D eigenvalue weighted by molar-refractivity contribution is -0.149. The van der Waals surface area contributed by atoms with Crippen LogP contribution in [0, 0.1) is 12.7 Å². The Morgan fingerprint density at radius 2 is 1.83 bits per heavy atom. The van der Waals surface area contributed by atoms with E-state index in [-0.39, 0.29) is 5.82 Å². The van der Waals surface area contributed by atoms with Gasteiger partial charge in [-0.1, -0.05) is 24.3 Å². The molecule has 0 aliphatic carbocycles. The van der Waals surface area contributed by atoms with E-state index in [1.165, 1.54) is 12.1 Å². The molecule has 0 saturated carbocycles. The molecule has 1 atom stereocenters. The van der Waals surface area contributed by atoms with Crippen molar-refractivity contribution in [3.05, 3.63) is 76.4 Å². The number of halogens is 1. The molecule has 0 aliphatic rings. The van der Waals surface area contributed by atoms with Crippen LogP contribution in [0.1, 0.15) is 22.9 Å². The molecule has 1 aromatic heterocycles. The molecule has 0 aliphatic heterocycles. The molecule has 152 valence electrons. The molecule has 29 heavy (non-hydrogen) atoms. The predicted molar refractivity (Wildman–Crippen MR) is 112 cm³/mol. The van der Waals surface area contributed by atoms with Crippen molar-refractivity contribution in [1.29, 1.82) is 0 Å². The van der Waals surface area contributed by atoms with Crippen LogP contribution in [0.2, 0.25) is 0 Å². The minimum atomic E-state index is -0.961. The normalized spacial score (nSPS) is 12.0. The fourth-order valence-corrected chi connectivity index (χ4v) is 4.02. The number of aliphatic carboxylic acids is 1. The first-order valence-electron chi connectivity index (χ1n) is 9.37. The lowest BCUT2D eigenvalue weighted by atomic mass is 10.1. The average Bonchev–Trinajstić information content (AvgIpc) is 3.08. The third-order valence-corrected chi connectivity index (χ3v) is 5.77. The maximum Gasteiger partial charge on any atom is 0.333 e. The molecule has 3 aromatic rings. The monoisotopic (exact) mass is 414 g/mol. The third kappa shape index (κ3) is 5.65. The van der Waals surface area contributed by atoms with Gasteiger partial charge in [0.2, 0.25) is 0 Å². The highest BCUT2D eigenvalue weighted by Gasteiger charge is 2.17. The van der Waals surface area contributed by atoms with Crippen molar-refractivity contribution in [2.24, 2.45) is 0 Å². The summed E-state index contributed by atoms with van der Waals surface area (Å²) in [6.07, 6.45) is -0.528. The van der Waals surface area contributed by atoms with E-state index >= 15 is 0 Å². The molecular formula is C23H23FO4S. The highest BCUT2D eigenvalue weighted by Crippen LogP contribution is 2.32. The van der Waals surface area contributed by atoms with Crippen LogP contribution < -0.4 is 4.74 Å². The number of hydrogen-bond donors (Lipinski definition) is 1. The standard InChI is InChI=1S/C23H23FO4S/c1-3-27-20(23(25)26)13-16-4-10-19(11-5-16)28-14-22-15(2)12-21(29-22)17-6-8-18(24)9-7-17/h4-12,20H,3,13-14H2,1-2H3,(H,25,26). The van der Waals surface area contributed by atoms with Gasteiger partial charge >= 0.3 is 5.97 Å². The van der Waals surface area contributed by atoms with Gasteiger partial charge in [-0.05, 0) is 60.9 Å². The van der Waals surface area contributed by atoms with E-state index in [4.69, 9.17) is 9.47 Å². The molecular weight excluding hydrogens is 391 g/mol. The van der Waals surface area contributed by atoms with Gasteiger partial charge in [0.1, 0.15) is 18.2 Å². The van der Waals surface area contributed by atoms with Crippen LogP contribution in [0.4, 0.5) is 4.39 Å². The van der Waals surface area contributed by atoms with E-state index in [9.17, 15) is 14.3 Å². The summed E-state index contributed by atoms with van der Waals surface area (Å²) in [6.45, 7) is 4.61. The summed E-state index contributed by atoms with van der Waals surface area (Å²) in [7, 11) is 0. The average molecular weight is 414 g/mol. The Bertz CT molecular complexity index is 948. The first-order chi connectivity index (χ1) is 14.0. The van der Waals surface area contributed by atoms with Crippen molar-refractivity contribution in [2.45, 2.75) is 33.0 Å². The summed E-state index contributed by atoms with van der Waals surface area (Å²) in [5.41, 5.74) is 2.99. The molecule has 3 rings (SSSR count). The maximum absolute atomic E-state index is 13.1. The zero-order valence-corrected chi connectivity index (χ0v) is 17.2. The molecule has 1 heterocycles. The lowest BCUT2D eigenvalue weighted by Gasteiger charge is -2.13. The summed E-state index contributed by atoms with van der Waals surface area (Å²) in [5, 5.41) is 9.19. The minimum absolute atomic E-state index is 0.245. The minimum Gasteiger partial charge on any atom is -0.488 e. The van der Waals surface area contributed by atoms with Gasteiger partial charge in [-0.25, -0.2) is 9.18 Å². The quantitative estimate of drug-likeness (QED) is 0.504. The Hall–Kier alpha value is -2.70. The van der Waals surface area contributed by atoms with Crippen LogP contribution >= 0.6 is 11.3 Å². The van der Waals surface area contributed by atoms with E-state index in [2.05, 4.69) is 6.07 Å². The Balaban J connectivity index is 1.61. The van der Waals surface area contributed by atoms with Crippen LogP contribution in [0.5, 0.6) is 5.75 Å². The molecule has 2 aromatic carbocycles. The van der Waals surface area contributed by atoms with Crippen LogP contribution in [0.15, 0.2) is 54.6 Å². The van der Waals surface area contributed by atoms with E-state index < -0.39 is 12.1 Å². The summed E-state index contributed by atoms with van der Waals surface area (Å²) in [5.74, 6) is -0.490. The van der Waals surface area contributed by atoms with Gasteiger partial charge in [0.15, 0.2) is 6.10 Å². The molecule has 0 radical (unpaired) electrons. The highest BCUT2D eigenvalue weighted by atomic mass is 32.1. The largest absolute Gasteiger partial charge is 0.488 e. The SMILES string of the molecule is CCOC(Cc1ccc(OCc2sc(-c3ccc(F)cc3)cc2C)cc1)C(=O)O. The number of aryl methyl sites for hydroxylation is 1. The van der Waals surface area contributed by atoms with Crippen molar-refractivity contribution in [2.75, 3.05) is 6.61 Å². The number of rotatable bonds is 9. The Morgan fingerprint density at radius 3 is 2.45 bits per heavy atom. The summed E-state index contributed by atoms with van der Waals surface area (Å²) in [4.78, 5) is 13.4. The van der Waals surface area contributed by atoms with E-state index in [1.54, 1.807) is 30.4 Å². The number of ether oxygens (including phenoxy) is 2. The number of hydrogen-bond acceptors (Lipinski definition) is 4. The second-order valence-electron chi connectivity index (χ2n) is 6.64. The molecule has 0 amide bonds.